The van der Waals surface area contributed by atoms with Crippen LogP contribution in [0.25, 0.3) is 0 Å². The van der Waals surface area contributed by atoms with Crippen molar-refractivity contribution < 1.29 is 15.3 Å². The fourth-order valence-corrected chi connectivity index (χ4v) is 3.15. The van der Waals surface area contributed by atoms with Crippen LogP contribution in [0.15, 0.2) is 0 Å². The smallest absolute Gasteiger partial charge is 0.108 e. The van der Waals surface area contributed by atoms with E-state index in [1.165, 1.54) is 6.42 Å². The summed E-state index contributed by atoms with van der Waals surface area (Å²) in [5.41, 5.74) is 0. The summed E-state index contributed by atoms with van der Waals surface area (Å²) in [5, 5.41) is 31.8. The summed E-state index contributed by atoms with van der Waals surface area (Å²) >= 11 is 1.88. The van der Waals surface area contributed by atoms with E-state index < -0.39 is 18.3 Å². The van der Waals surface area contributed by atoms with E-state index >= 15 is 0 Å². The molecule has 0 saturated carbocycles. The van der Waals surface area contributed by atoms with Crippen molar-refractivity contribution >= 4 is 11.8 Å². The molecule has 4 N–H and O–H groups in total. The zero-order valence-corrected chi connectivity index (χ0v) is 11.5. The highest BCUT2D eigenvalue weighted by atomic mass is 32.2. The van der Waals surface area contributed by atoms with E-state index in [0.717, 1.165) is 23.8 Å². The van der Waals surface area contributed by atoms with Gasteiger partial charge in [0, 0.05) is 12.6 Å². The van der Waals surface area contributed by atoms with Crippen LogP contribution in [-0.4, -0.2) is 57.7 Å². The highest BCUT2D eigenvalue weighted by Gasteiger charge is 2.35. The first kappa shape index (κ1) is 15.2. The van der Waals surface area contributed by atoms with Gasteiger partial charge in [-0.25, -0.2) is 0 Å². The number of hydrogen-bond acceptors (Lipinski definition) is 5. The standard InChI is InChI=1S/C12H25NO3S/c1-8(2)3-5-17-6-4-9-11(15)12(16)10(14)7-13-9/h8-16H,3-7H2,1-2H3/t9-,10-,11+,12+/m1/s1. The minimum absolute atomic E-state index is 0.0973. The van der Waals surface area contributed by atoms with Crippen LogP contribution >= 0.6 is 11.8 Å². The summed E-state index contributed by atoms with van der Waals surface area (Å²) in [6.07, 6.45) is -0.679. The zero-order chi connectivity index (χ0) is 12.8. The van der Waals surface area contributed by atoms with Crippen LogP contribution in [0.2, 0.25) is 0 Å². The molecule has 0 spiro atoms. The summed E-state index contributed by atoms with van der Waals surface area (Å²) in [7, 11) is 0. The number of aliphatic hydroxyl groups is 3. The molecule has 0 bridgehead atoms. The van der Waals surface area contributed by atoms with Gasteiger partial charge in [0.1, 0.15) is 6.10 Å². The number of aliphatic hydroxyl groups excluding tert-OH is 3. The Morgan fingerprint density at radius 1 is 1.18 bits per heavy atom. The molecular weight excluding hydrogens is 238 g/mol. The summed E-state index contributed by atoms with van der Waals surface area (Å²) in [6, 6.07) is -0.0973. The Kier molecular flexibility index (Phi) is 6.80. The lowest BCUT2D eigenvalue weighted by atomic mass is 9.94. The SMILES string of the molecule is CC(C)CCSCC[C@H]1NC[C@@H](O)[C@H](O)[C@H]1O. The van der Waals surface area contributed by atoms with Crippen molar-refractivity contribution in [2.75, 3.05) is 18.1 Å². The third-order valence-corrected chi connectivity index (χ3v) is 4.21. The number of thioether (sulfide) groups is 1. The molecule has 102 valence electrons. The van der Waals surface area contributed by atoms with Crippen LogP contribution in [0.3, 0.4) is 0 Å². The number of rotatable bonds is 6. The molecule has 1 heterocycles. The van der Waals surface area contributed by atoms with E-state index in [1.54, 1.807) is 0 Å². The van der Waals surface area contributed by atoms with E-state index in [1.807, 2.05) is 11.8 Å². The quantitative estimate of drug-likeness (QED) is 0.516. The normalized spacial score (nSPS) is 34.2. The van der Waals surface area contributed by atoms with Gasteiger partial charge in [0.25, 0.3) is 0 Å². The minimum atomic E-state index is -1.01. The molecular formula is C12H25NO3S. The van der Waals surface area contributed by atoms with Crippen LogP contribution in [0.1, 0.15) is 26.7 Å². The average Bonchev–Trinajstić information content (AvgIpc) is 2.28. The Bertz CT molecular complexity index is 216. The van der Waals surface area contributed by atoms with E-state index in [0.29, 0.717) is 6.54 Å². The van der Waals surface area contributed by atoms with Crippen LogP contribution in [0, 0.1) is 5.92 Å². The van der Waals surface area contributed by atoms with Gasteiger partial charge in [-0.1, -0.05) is 13.8 Å². The first-order valence-electron chi connectivity index (χ1n) is 6.37. The predicted octanol–water partition coefficient (Wildman–Crippen LogP) is 0.210. The number of hydrogen-bond donors (Lipinski definition) is 4. The third kappa shape index (κ3) is 5.14. The summed E-state index contributed by atoms with van der Waals surface area (Å²) in [4.78, 5) is 0. The van der Waals surface area contributed by atoms with E-state index in [2.05, 4.69) is 19.2 Å². The Morgan fingerprint density at radius 3 is 2.53 bits per heavy atom. The fourth-order valence-electron chi connectivity index (χ4n) is 1.88. The van der Waals surface area contributed by atoms with Crippen molar-refractivity contribution in [3.05, 3.63) is 0 Å². The minimum Gasteiger partial charge on any atom is -0.389 e. The van der Waals surface area contributed by atoms with Gasteiger partial charge >= 0.3 is 0 Å². The van der Waals surface area contributed by atoms with Gasteiger partial charge in [-0.2, -0.15) is 11.8 Å². The maximum Gasteiger partial charge on any atom is 0.108 e. The second-order valence-corrected chi connectivity index (χ2v) is 6.37. The molecule has 0 aliphatic carbocycles. The first-order chi connectivity index (χ1) is 8.02. The van der Waals surface area contributed by atoms with E-state index in [4.69, 9.17) is 0 Å². The lowest BCUT2D eigenvalue weighted by Crippen LogP contribution is -2.59. The van der Waals surface area contributed by atoms with Crippen LogP contribution in [-0.2, 0) is 0 Å². The molecule has 1 fully saturated rings. The largest absolute Gasteiger partial charge is 0.389 e. The topological polar surface area (TPSA) is 72.7 Å². The molecule has 0 aromatic rings. The second kappa shape index (κ2) is 7.59. The lowest BCUT2D eigenvalue weighted by Gasteiger charge is -2.36. The molecule has 5 heteroatoms. The Hall–Kier alpha value is 0.190. The number of piperidine rings is 1. The van der Waals surface area contributed by atoms with Gasteiger partial charge < -0.3 is 20.6 Å². The van der Waals surface area contributed by atoms with Crippen LogP contribution < -0.4 is 5.32 Å². The monoisotopic (exact) mass is 263 g/mol. The van der Waals surface area contributed by atoms with E-state index in [9.17, 15) is 15.3 Å². The van der Waals surface area contributed by atoms with E-state index in [-0.39, 0.29) is 6.04 Å². The Morgan fingerprint density at radius 2 is 1.88 bits per heavy atom. The molecule has 1 rings (SSSR count). The number of nitrogens with one attached hydrogen (secondary N) is 1. The fraction of sp³-hybridized carbons (Fsp3) is 1.00. The van der Waals surface area contributed by atoms with Gasteiger partial charge in [0.05, 0.1) is 12.2 Å². The van der Waals surface area contributed by atoms with Crippen LogP contribution in [0.4, 0.5) is 0 Å². The van der Waals surface area contributed by atoms with Crippen molar-refractivity contribution in [1.82, 2.24) is 5.32 Å². The average molecular weight is 263 g/mol. The Balaban J connectivity index is 2.14. The van der Waals surface area contributed by atoms with Crippen LogP contribution in [0.5, 0.6) is 0 Å². The lowest BCUT2D eigenvalue weighted by molar-refractivity contribution is -0.0941. The van der Waals surface area contributed by atoms with Gasteiger partial charge in [-0.3, -0.25) is 0 Å². The predicted molar refractivity (Wildman–Crippen MR) is 71.2 cm³/mol. The molecule has 4 nitrogen and oxygen atoms in total. The summed E-state index contributed by atoms with van der Waals surface area (Å²) in [6.45, 7) is 4.79. The maximum atomic E-state index is 9.77. The molecule has 1 aliphatic heterocycles. The van der Waals surface area contributed by atoms with Crippen molar-refractivity contribution in [1.29, 1.82) is 0 Å². The zero-order valence-electron chi connectivity index (χ0n) is 10.7. The molecule has 4 atom stereocenters. The van der Waals surface area contributed by atoms with Gasteiger partial charge in [-0.15, -0.1) is 0 Å². The maximum absolute atomic E-state index is 9.77. The van der Waals surface area contributed by atoms with Crippen molar-refractivity contribution in [2.45, 2.75) is 51.0 Å². The molecule has 0 aromatic carbocycles. The first-order valence-corrected chi connectivity index (χ1v) is 7.53. The molecule has 1 saturated heterocycles. The second-order valence-electron chi connectivity index (χ2n) is 5.15. The van der Waals surface area contributed by atoms with Gasteiger partial charge in [-0.05, 0) is 30.3 Å². The molecule has 17 heavy (non-hydrogen) atoms. The van der Waals surface area contributed by atoms with Crippen molar-refractivity contribution in [3.63, 3.8) is 0 Å². The summed E-state index contributed by atoms with van der Waals surface area (Å²) in [5.74, 6) is 2.86. The molecule has 0 radical (unpaired) electrons. The third-order valence-electron chi connectivity index (χ3n) is 3.16. The van der Waals surface area contributed by atoms with Crippen molar-refractivity contribution in [2.24, 2.45) is 5.92 Å². The molecule has 0 unspecified atom stereocenters. The highest BCUT2D eigenvalue weighted by Crippen LogP contribution is 2.16. The molecule has 0 aromatic heterocycles. The van der Waals surface area contributed by atoms with Gasteiger partial charge in [0.15, 0.2) is 0 Å². The Labute approximate surface area is 108 Å². The highest BCUT2D eigenvalue weighted by molar-refractivity contribution is 7.99. The van der Waals surface area contributed by atoms with Crippen molar-refractivity contribution in [3.8, 4) is 0 Å². The summed E-state index contributed by atoms with van der Waals surface area (Å²) < 4.78 is 0. The molecule has 0 amide bonds. The van der Waals surface area contributed by atoms with Gasteiger partial charge in [0.2, 0.25) is 0 Å². The molecule has 1 aliphatic rings. The number of β-amino-alcohol motifs (C(OH)–C–C–N with tert-alkyl or cyclic N) is 1.